The maximum atomic E-state index is 15.1. The van der Waals surface area contributed by atoms with Crippen LogP contribution in [0.25, 0.3) is 5.57 Å². The number of likely N-dealkylation sites (tertiary alicyclic amines) is 1. The van der Waals surface area contributed by atoms with Gasteiger partial charge in [0.25, 0.3) is 0 Å². The van der Waals surface area contributed by atoms with Crippen molar-refractivity contribution < 1.29 is 29.0 Å². The van der Waals surface area contributed by atoms with Gasteiger partial charge in [0.15, 0.2) is 23.1 Å². The summed E-state index contributed by atoms with van der Waals surface area (Å²) in [6, 6.07) is 22.3. The molecule has 0 aromatic heterocycles. The summed E-state index contributed by atoms with van der Waals surface area (Å²) in [5.74, 6) is -3.64. The van der Waals surface area contributed by atoms with Crippen molar-refractivity contribution in [2.45, 2.75) is 50.5 Å². The molecule has 7 rings (SSSR count). The number of ketones is 2. The number of hydrogen-bond acceptors (Lipinski definition) is 6. The van der Waals surface area contributed by atoms with E-state index in [2.05, 4.69) is 28.7 Å². The summed E-state index contributed by atoms with van der Waals surface area (Å²) in [5.41, 5.74) is 1.27. The average Bonchev–Trinajstić information content (AvgIpc) is 3.33. The first-order valence-electron chi connectivity index (χ1n) is 16.0. The second-order valence-corrected chi connectivity index (χ2v) is 15.2. The second kappa shape index (κ2) is 11.3. The Bertz CT molecular complexity index is 1890. The van der Waals surface area contributed by atoms with E-state index in [0.717, 1.165) is 5.57 Å². The predicted molar refractivity (Wildman–Crippen MR) is 186 cm³/mol. The first-order chi connectivity index (χ1) is 22.4. The topological polar surface area (TPSA) is 101 Å². The van der Waals surface area contributed by atoms with Gasteiger partial charge >= 0.3 is 0 Å². The number of Topliss-reactive ketones (excluding diaryl/α,β-unsaturated/α-hetero) is 1. The van der Waals surface area contributed by atoms with Gasteiger partial charge in [0, 0.05) is 22.9 Å². The molecule has 1 saturated carbocycles. The van der Waals surface area contributed by atoms with Gasteiger partial charge in [0.05, 0.1) is 27.9 Å². The number of imide groups is 1. The number of phenolic OH excluding ortho intramolecular Hbond substituents is 1. The summed E-state index contributed by atoms with van der Waals surface area (Å²) < 4.78 is 6.14. The van der Waals surface area contributed by atoms with E-state index in [9.17, 15) is 19.5 Å². The molecule has 2 fully saturated rings. The summed E-state index contributed by atoms with van der Waals surface area (Å²) in [4.78, 5) is 59.6. The van der Waals surface area contributed by atoms with Crippen LogP contribution >= 0.6 is 22.6 Å². The molecule has 6 unspecified atom stereocenters. The Morgan fingerprint density at radius 3 is 2.21 bits per heavy atom. The van der Waals surface area contributed by atoms with E-state index in [-0.39, 0.29) is 41.3 Å². The monoisotopic (exact) mass is 741 g/mol. The van der Waals surface area contributed by atoms with Gasteiger partial charge in [-0.25, -0.2) is 0 Å². The molecular weight excluding hydrogens is 705 g/mol. The van der Waals surface area contributed by atoms with Crippen LogP contribution in [-0.2, 0) is 24.6 Å². The van der Waals surface area contributed by atoms with Crippen LogP contribution in [0.2, 0.25) is 0 Å². The molecule has 3 aromatic rings. The molecule has 0 radical (unpaired) electrons. The van der Waals surface area contributed by atoms with Crippen molar-refractivity contribution in [1.82, 2.24) is 4.90 Å². The van der Waals surface area contributed by atoms with E-state index in [1.54, 1.807) is 6.07 Å². The van der Waals surface area contributed by atoms with E-state index in [4.69, 9.17) is 4.74 Å². The smallest absolute Gasteiger partial charge is 0.234 e. The van der Waals surface area contributed by atoms with Gasteiger partial charge < -0.3 is 9.84 Å². The lowest BCUT2D eigenvalue weighted by atomic mass is 9.44. The van der Waals surface area contributed by atoms with Crippen LogP contribution in [0, 0.1) is 27.2 Å². The number of hydrogen-bond donors (Lipinski definition) is 1. The molecule has 240 valence electrons. The van der Waals surface area contributed by atoms with Gasteiger partial charge in [0.2, 0.25) is 11.8 Å². The van der Waals surface area contributed by atoms with Crippen molar-refractivity contribution in [2.75, 3.05) is 7.11 Å². The molecule has 47 heavy (non-hydrogen) atoms. The highest BCUT2D eigenvalue weighted by molar-refractivity contribution is 14.1. The molecule has 1 heterocycles. The van der Waals surface area contributed by atoms with Gasteiger partial charge in [-0.3, -0.25) is 24.1 Å². The van der Waals surface area contributed by atoms with Gasteiger partial charge in [-0.05, 0) is 97.0 Å². The Labute approximate surface area is 287 Å². The third-order valence-electron chi connectivity index (χ3n) is 10.6. The van der Waals surface area contributed by atoms with Gasteiger partial charge in [-0.15, -0.1) is 0 Å². The first-order valence-corrected chi connectivity index (χ1v) is 17.0. The molecular formula is C39H36INO6. The number of phenols is 1. The Kier molecular flexibility index (Phi) is 7.57. The Balaban J connectivity index is 1.53. The number of fused-ring (bicyclic) bond motifs is 4. The van der Waals surface area contributed by atoms with Crippen molar-refractivity contribution >= 4 is 51.5 Å². The quantitative estimate of drug-likeness (QED) is 0.183. The van der Waals surface area contributed by atoms with Crippen molar-refractivity contribution in [2.24, 2.45) is 23.7 Å². The molecule has 2 amide bonds. The van der Waals surface area contributed by atoms with E-state index < -0.39 is 40.5 Å². The van der Waals surface area contributed by atoms with Crippen LogP contribution in [0.3, 0.4) is 0 Å². The standard InChI is InChI=1S/C39H36INO6/c1-38(2,3)41-36(45)25-16-15-24-27(32(25)37(41)46)19-28-34(43)26(21-11-7-5-8-12-21)20-31(42)39(28,23-13-9-6-10-14-23)33(24)22-17-29(40)35(44)30(18-22)47-4/h5-15,17-18,20,25,27-28,32-33,44H,16,19H2,1-4H3. The van der Waals surface area contributed by atoms with Gasteiger partial charge in [-0.2, -0.15) is 0 Å². The maximum absolute atomic E-state index is 15.1. The summed E-state index contributed by atoms with van der Waals surface area (Å²) in [7, 11) is 1.48. The summed E-state index contributed by atoms with van der Waals surface area (Å²) in [6.07, 6.45) is 4.17. The normalized spacial score (nSPS) is 28.7. The average molecular weight is 742 g/mol. The molecule has 7 nitrogen and oxygen atoms in total. The van der Waals surface area contributed by atoms with Crippen LogP contribution < -0.4 is 4.74 Å². The minimum atomic E-state index is -1.34. The molecule has 1 aliphatic heterocycles. The first kappa shape index (κ1) is 31.5. The lowest BCUT2D eigenvalue weighted by Crippen LogP contribution is -2.59. The minimum Gasteiger partial charge on any atom is -0.504 e. The van der Waals surface area contributed by atoms with E-state index in [0.29, 0.717) is 32.3 Å². The second-order valence-electron chi connectivity index (χ2n) is 14.0. The maximum Gasteiger partial charge on any atom is 0.234 e. The zero-order chi connectivity index (χ0) is 33.4. The number of carbonyl (C=O) groups excluding carboxylic acids is 4. The molecule has 3 aliphatic carbocycles. The summed E-state index contributed by atoms with van der Waals surface area (Å²) in [6.45, 7) is 5.59. The van der Waals surface area contributed by atoms with Gasteiger partial charge in [0.1, 0.15) is 0 Å². The number of halogens is 1. The highest BCUT2D eigenvalue weighted by Gasteiger charge is 2.66. The van der Waals surface area contributed by atoms with E-state index in [1.165, 1.54) is 18.1 Å². The summed E-state index contributed by atoms with van der Waals surface area (Å²) >= 11 is 2.05. The van der Waals surface area contributed by atoms with Crippen LogP contribution in [0.5, 0.6) is 11.5 Å². The van der Waals surface area contributed by atoms with Crippen LogP contribution in [0.15, 0.2) is 90.5 Å². The Morgan fingerprint density at radius 2 is 1.57 bits per heavy atom. The van der Waals surface area contributed by atoms with Crippen molar-refractivity contribution in [3.05, 3.63) is 111 Å². The third kappa shape index (κ3) is 4.58. The number of benzene rings is 3. The fourth-order valence-corrected chi connectivity index (χ4v) is 9.45. The molecule has 4 aliphatic rings. The van der Waals surface area contributed by atoms with Crippen molar-refractivity contribution in [3.8, 4) is 11.5 Å². The van der Waals surface area contributed by atoms with Crippen molar-refractivity contribution in [1.29, 1.82) is 0 Å². The largest absolute Gasteiger partial charge is 0.504 e. The lowest BCUT2D eigenvalue weighted by Gasteiger charge is -2.55. The van der Waals surface area contributed by atoms with E-state index in [1.807, 2.05) is 87.5 Å². The number of methoxy groups -OCH3 is 1. The molecule has 6 atom stereocenters. The van der Waals surface area contributed by atoms with Crippen molar-refractivity contribution in [3.63, 3.8) is 0 Å². The number of allylic oxidation sites excluding steroid dienone is 4. The number of carbonyl (C=O) groups is 4. The number of ether oxygens (including phenoxy) is 1. The number of aromatic hydroxyl groups is 1. The lowest BCUT2D eigenvalue weighted by molar-refractivity contribution is -0.145. The minimum absolute atomic E-state index is 0.0121. The molecule has 1 saturated heterocycles. The highest BCUT2D eigenvalue weighted by Crippen LogP contribution is 2.64. The fraction of sp³-hybridized carbons (Fsp3) is 0.333. The Hall–Kier alpha value is -4.05. The fourth-order valence-electron chi connectivity index (χ4n) is 8.83. The summed E-state index contributed by atoms with van der Waals surface area (Å²) in [5, 5.41) is 10.8. The molecule has 0 bridgehead atoms. The Morgan fingerprint density at radius 1 is 0.915 bits per heavy atom. The molecule has 0 spiro atoms. The van der Waals surface area contributed by atoms with Crippen LogP contribution in [0.1, 0.15) is 56.2 Å². The van der Waals surface area contributed by atoms with Crippen LogP contribution in [0.4, 0.5) is 0 Å². The SMILES string of the molecule is COc1cc(C2C3=CCC4C(=O)N(C(C)(C)C)C(=O)C4C3CC3C(=O)C(c4ccccc4)=CC(=O)C32c2ccccc2)cc(I)c1O. The van der Waals surface area contributed by atoms with Gasteiger partial charge in [-0.1, -0.05) is 72.3 Å². The molecule has 8 heteroatoms. The predicted octanol–water partition coefficient (Wildman–Crippen LogP) is 6.63. The van der Waals surface area contributed by atoms with Crippen LogP contribution in [-0.4, -0.2) is 46.0 Å². The highest BCUT2D eigenvalue weighted by atomic mass is 127. The number of nitrogens with zero attached hydrogens (tertiary/aromatic N) is 1. The number of rotatable bonds is 4. The van der Waals surface area contributed by atoms with E-state index >= 15 is 4.79 Å². The zero-order valence-corrected chi connectivity index (χ0v) is 28.9. The molecule has 3 aromatic carbocycles. The molecule has 1 N–H and O–H groups in total. The third-order valence-corrected chi connectivity index (χ3v) is 11.5. The number of amides is 2. The zero-order valence-electron chi connectivity index (χ0n) is 26.7.